The van der Waals surface area contributed by atoms with Gasteiger partial charge in [0.1, 0.15) is 68.3 Å². The van der Waals surface area contributed by atoms with E-state index in [4.69, 9.17) is 9.47 Å². The van der Waals surface area contributed by atoms with Gasteiger partial charge in [-0.2, -0.15) is 0 Å². The van der Waals surface area contributed by atoms with Crippen LogP contribution in [0.2, 0.25) is 0 Å². The van der Waals surface area contributed by atoms with Gasteiger partial charge in [0.2, 0.25) is 0 Å². The molecule has 0 saturated heterocycles. The Balaban J connectivity index is 0.000000184. The first kappa shape index (κ1) is 78.0. The second kappa shape index (κ2) is 34.6. The molecule has 2 aliphatic heterocycles. The van der Waals surface area contributed by atoms with Crippen molar-refractivity contribution in [2.45, 2.75) is 286 Å². The number of unbranched alkanes of at least 4 members (excludes halogenated alkanes) is 8. The van der Waals surface area contributed by atoms with E-state index in [2.05, 4.69) is 114 Å². The standard InChI is InChI=1S/2C22H30O4.2C21H30O2/c1-5-6-7-8-14-12-17-19(20(23)18(14)21(24)25)15-11-13(2)9-10-16(15)22(3,4)26-17;1-5-6-7-8-15-12-18(23)20(21(24)19(15)22(25)26)17-11-14(4)9-10-16(17)13(2)3;1-5-6-7-8-15-12-18(22)20-16-11-14(2)9-10-17(16)21(3,4)23-19(20)13-15;1-5-6-7-8-16-12-19(22)21(20(23)13-16)18-11-15(4)9-10-17(18)14(2)3/h11-12,15-16,23H,5-10H2,1-4H3,(H,24,25);11-12,16-17,23-24H,2,5-10H2,1,3-4H3,(H,25,26);11-13,16-17,22H,5-10H2,1-4H3;11-13,17-18,22-23H,2,5-10H2,1,3-4H3/t15-,16-;16-,17+;16-,17-;17-,18+/m1010/s1. The van der Waals surface area contributed by atoms with E-state index in [9.17, 15) is 50.4 Å². The minimum absolute atomic E-state index is 0.00490. The largest absolute Gasteiger partial charge is 0.507 e. The number of phenols is 6. The zero-order chi connectivity index (χ0) is 72.1. The van der Waals surface area contributed by atoms with Gasteiger partial charge in [0.15, 0.2) is 0 Å². The zero-order valence-electron chi connectivity index (χ0n) is 62.0. The number of carboxylic acids is 2. The molecule has 0 spiro atoms. The minimum atomic E-state index is -1.15. The van der Waals surface area contributed by atoms with Crippen molar-refractivity contribution < 1.29 is 59.9 Å². The molecular weight excluding hydrogens is 1220 g/mol. The number of hydrogen-bond donors (Lipinski definition) is 8. The summed E-state index contributed by atoms with van der Waals surface area (Å²) in [5.74, 6) is 0.844. The second-order valence-electron chi connectivity index (χ2n) is 30.7. The van der Waals surface area contributed by atoms with Gasteiger partial charge >= 0.3 is 11.9 Å². The minimum Gasteiger partial charge on any atom is -0.507 e. The van der Waals surface area contributed by atoms with E-state index in [0.29, 0.717) is 58.1 Å². The smallest absolute Gasteiger partial charge is 0.339 e. The van der Waals surface area contributed by atoms with Crippen molar-refractivity contribution in [2.75, 3.05) is 0 Å². The number of aryl methyl sites for hydroxylation is 4. The monoisotopic (exact) mass is 1340 g/mol. The third kappa shape index (κ3) is 18.7. The molecule has 4 aromatic rings. The Morgan fingerprint density at radius 1 is 0.429 bits per heavy atom. The van der Waals surface area contributed by atoms with Crippen LogP contribution in [0.3, 0.4) is 0 Å². The molecule has 4 aliphatic carbocycles. The predicted molar refractivity (Wildman–Crippen MR) is 399 cm³/mol. The van der Waals surface area contributed by atoms with Crippen LogP contribution in [-0.4, -0.2) is 64.0 Å². The fraction of sp³-hybridized carbons (Fsp3) is 0.558. The van der Waals surface area contributed by atoms with E-state index < -0.39 is 11.9 Å². The summed E-state index contributed by atoms with van der Waals surface area (Å²) in [7, 11) is 0. The molecule has 0 bridgehead atoms. The van der Waals surface area contributed by atoms with Gasteiger partial charge in [-0.3, -0.25) is 0 Å². The van der Waals surface area contributed by atoms with Crippen LogP contribution in [0.1, 0.15) is 314 Å². The number of ether oxygens (including phenoxy) is 2. The number of phenolic OH excluding ortho intramolecular Hbond substituents is 4. The molecule has 6 aliphatic rings. The van der Waals surface area contributed by atoms with Crippen LogP contribution in [0.25, 0.3) is 0 Å². The third-order valence-corrected chi connectivity index (χ3v) is 21.9. The highest BCUT2D eigenvalue weighted by atomic mass is 16.5. The van der Waals surface area contributed by atoms with Crippen LogP contribution in [0.5, 0.6) is 46.0 Å². The molecule has 0 radical (unpaired) electrons. The third-order valence-electron chi connectivity index (χ3n) is 21.9. The Kier molecular flexibility index (Phi) is 27.6. The molecule has 0 fully saturated rings. The van der Waals surface area contributed by atoms with Crippen LogP contribution in [-0.2, 0) is 25.7 Å². The molecule has 4 aromatic carbocycles. The van der Waals surface area contributed by atoms with E-state index in [1.165, 1.54) is 66.0 Å². The number of fused-ring (bicyclic) bond motifs is 6. The topological polar surface area (TPSA) is 214 Å². The van der Waals surface area contributed by atoms with Crippen LogP contribution < -0.4 is 9.47 Å². The normalized spacial score (nSPS) is 22.3. The average Bonchev–Trinajstić information content (AvgIpc) is 0.742. The SMILES string of the molecule is C=C(C)[C@@H]1CCC(C)=C[C@H]1c1c(O)cc(CCCCC)c(C(=O)O)c1O.C=C(C)[C@@H]1CCC(C)=C[C@H]1c1c(O)cc(CCCCC)cc1O.CCCCCc1cc(O)c2c(c1)OC(C)(C)[C@@H]1CCC(C)=C[C@@H]21.CCCCCc1cc2c(c(O)c1C(=O)O)[C@@H]1C=C(C)CC[C@H]1C(C)(C)O2. The molecule has 0 unspecified atom stereocenters. The number of carboxylic acid groups (broad SMARTS) is 2. The van der Waals surface area contributed by atoms with E-state index in [0.717, 1.165) is 137 Å². The molecule has 0 saturated carbocycles. The van der Waals surface area contributed by atoms with Gasteiger partial charge in [-0.15, -0.1) is 0 Å². The van der Waals surface area contributed by atoms with Gasteiger partial charge in [0, 0.05) is 57.8 Å². The summed E-state index contributed by atoms with van der Waals surface area (Å²) in [6, 6.07) is 11.2. The van der Waals surface area contributed by atoms with Crippen LogP contribution in [0, 0.1) is 23.7 Å². The molecule has 0 aromatic heterocycles. The first-order valence-corrected chi connectivity index (χ1v) is 37.1. The average molecular weight is 1350 g/mol. The Labute approximate surface area is 587 Å². The van der Waals surface area contributed by atoms with Crippen LogP contribution in [0.15, 0.2) is 107 Å². The van der Waals surface area contributed by atoms with Crippen molar-refractivity contribution in [1.82, 2.24) is 0 Å². The highest BCUT2D eigenvalue weighted by molar-refractivity contribution is 5.95. The predicted octanol–water partition coefficient (Wildman–Crippen LogP) is 22.6. The Morgan fingerprint density at radius 3 is 1.16 bits per heavy atom. The Hall–Kier alpha value is -7.34. The van der Waals surface area contributed by atoms with E-state index >= 15 is 0 Å². The van der Waals surface area contributed by atoms with Crippen molar-refractivity contribution in [3.05, 3.63) is 163 Å². The lowest BCUT2D eigenvalue weighted by molar-refractivity contribution is 0.0103. The lowest BCUT2D eigenvalue weighted by atomic mass is 9.67. The number of allylic oxidation sites excluding steroid dienone is 10. The zero-order valence-corrected chi connectivity index (χ0v) is 62.0. The molecule has 8 atom stereocenters. The molecule has 98 heavy (non-hydrogen) atoms. The lowest BCUT2D eigenvalue weighted by Gasteiger charge is -2.46. The number of aromatic carboxylic acids is 2. The van der Waals surface area contributed by atoms with E-state index in [-0.39, 0.29) is 92.5 Å². The highest BCUT2D eigenvalue weighted by Gasteiger charge is 2.48. The van der Waals surface area contributed by atoms with E-state index in [1.807, 2.05) is 51.1 Å². The Bertz CT molecular complexity index is 3600. The molecule has 2 heterocycles. The molecule has 0 amide bonds. The number of benzene rings is 4. The maximum atomic E-state index is 11.9. The van der Waals surface area contributed by atoms with Crippen molar-refractivity contribution in [3.8, 4) is 46.0 Å². The second-order valence-corrected chi connectivity index (χ2v) is 30.7. The summed E-state index contributed by atoms with van der Waals surface area (Å²) in [4.78, 5) is 23.7. The molecular formula is C86H120O12. The van der Waals surface area contributed by atoms with Gasteiger partial charge in [-0.1, -0.05) is 150 Å². The summed E-state index contributed by atoms with van der Waals surface area (Å²) in [6.07, 6.45) is 32.9. The van der Waals surface area contributed by atoms with Crippen molar-refractivity contribution in [1.29, 1.82) is 0 Å². The fourth-order valence-corrected chi connectivity index (χ4v) is 16.5. The number of carbonyl (C=O) groups is 2. The molecule has 12 nitrogen and oxygen atoms in total. The fourth-order valence-electron chi connectivity index (χ4n) is 16.5. The van der Waals surface area contributed by atoms with Gasteiger partial charge < -0.3 is 50.3 Å². The first-order valence-electron chi connectivity index (χ1n) is 37.1. The van der Waals surface area contributed by atoms with E-state index in [1.54, 1.807) is 0 Å². The number of aromatic hydroxyl groups is 6. The summed E-state index contributed by atoms with van der Waals surface area (Å²) < 4.78 is 12.7. The summed E-state index contributed by atoms with van der Waals surface area (Å²) in [6.45, 7) is 37.8. The molecule has 8 N–H and O–H groups in total. The maximum Gasteiger partial charge on any atom is 0.339 e. The van der Waals surface area contributed by atoms with Crippen LogP contribution in [0.4, 0.5) is 0 Å². The summed E-state index contributed by atoms with van der Waals surface area (Å²) in [5, 5.41) is 83.6. The van der Waals surface area contributed by atoms with Gasteiger partial charge in [0.05, 0.1) is 0 Å². The molecule has 12 heteroatoms. The summed E-state index contributed by atoms with van der Waals surface area (Å²) in [5.41, 5.74) is 12.8. The Morgan fingerprint density at radius 2 is 0.755 bits per heavy atom. The summed E-state index contributed by atoms with van der Waals surface area (Å²) >= 11 is 0. The maximum absolute atomic E-state index is 11.9. The highest BCUT2D eigenvalue weighted by Crippen LogP contribution is 2.57. The number of rotatable bonds is 22. The first-order chi connectivity index (χ1) is 46.4. The van der Waals surface area contributed by atoms with Gasteiger partial charge in [-0.25, -0.2) is 9.59 Å². The molecule has 10 rings (SSSR count). The quantitative estimate of drug-likeness (QED) is 0.0273. The van der Waals surface area contributed by atoms with Crippen molar-refractivity contribution in [3.63, 3.8) is 0 Å². The van der Waals surface area contributed by atoms with Crippen molar-refractivity contribution in [2.24, 2.45) is 23.7 Å². The van der Waals surface area contributed by atoms with Crippen molar-refractivity contribution >= 4 is 11.9 Å². The molecule has 536 valence electrons. The van der Waals surface area contributed by atoms with Gasteiger partial charge in [0.25, 0.3) is 0 Å². The van der Waals surface area contributed by atoms with Crippen LogP contribution >= 0.6 is 0 Å². The van der Waals surface area contributed by atoms with Gasteiger partial charge in [-0.05, 0) is 242 Å². The number of hydrogen-bond acceptors (Lipinski definition) is 10. The lowest BCUT2D eigenvalue weighted by Crippen LogP contribution is -2.45.